The van der Waals surface area contributed by atoms with Gasteiger partial charge in [0.1, 0.15) is 0 Å². The topological polar surface area (TPSA) is 29.5 Å². The molecule has 1 rings (SSSR count). The number of rotatable bonds is 5. The second-order valence-electron chi connectivity index (χ2n) is 4.09. The quantitative estimate of drug-likeness (QED) is 0.836. The van der Waals surface area contributed by atoms with Gasteiger partial charge < -0.3 is 9.84 Å². The van der Waals surface area contributed by atoms with E-state index in [0.29, 0.717) is 18.4 Å². The van der Waals surface area contributed by atoms with Crippen molar-refractivity contribution in [2.24, 2.45) is 5.92 Å². The van der Waals surface area contributed by atoms with Crippen LogP contribution in [0.15, 0.2) is 18.2 Å². The van der Waals surface area contributed by atoms with Gasteiger partial charge in [-0.3, -0.25) is 0 Å². The van der Waals surface area contributed by atoms with Gasteiger partial charge in [-0.2, -0.15) is 0 Å². The van der Waals surface area contributed by atoms with Crippen LogP contribution in [0.2, 0.25) is 0 Å². The normalized spacial score (nSPS) is 14.6. The molecule has 90 valence electrons. The summed E-state index contributed by atoms with van der Waals surface area (Å²) in [6, 6.07) is 5.10. The average molecular weight is 226 g/mol. The highest BCUT2D eigenvalue weighted by atomic mass is 19.1. The van der Waals surface area contributed by atoms with Crippen LogP contribution >= 0.6 is 0 Å². The van der Waals surface area contributed by atoms with E-state index in [1.54, 1.807) is 18.2 Å². The minimum atomic E-state index is -0.384. The Labute approximate surface area is 96.1 Å². The van der Waals surface area contributed by atoms with Crippen LogP contribution in [0.5, 0.6) is 5.75 Å². The van der Waals surface area contributed by atoms with Gasteiger partial charge in [0.15, 0.2) is 11.6 Å². The number of aliphatic hydroxyl groups is 1. The lowest BCUT2D eigenvalue weighted by Gasteiger charge is -2.17. The van der Waals surface area contributed by atoms with Gasteiger partial charge in [-0.05, 0) is 30.4 Å². The number of hydrogen-bond donors (Lipinski definition) is 1. The minimum Gasteiger partial charge on any atom is -0.494 e. The van der Waals surface area contributed by atoms with Crippen molar-refractivity contribution < 1.29 is 14.2 Å². The lowest BCUT2D eigenvalue weighted by Crippen LogP contribution is -2.19. The molecule has 0 aliphatic heterocycles. The predicted molar refractivity (Wildman–Crippen MR) is 62.1 cm³/mol. The van der Waals surface area contributed by atoms with Crippen molar-refractivity contribution in [1.82, 2.24) is 0 Å². The number of hydrogen-bond acceptors (Lipinski definition) is 2. The molecule has 2 nitrogen and oxygen atoms in total. The molecular weight excluding hydrogens is 207 g/mol. The van der Waals surface area contributed by atoms with Crippen molar-refractivity contribution in [3.05, 3.63) is 29.6 Å². The van der Waals surface area contributed by atoms with Gasteiger partial charge in [0.2, 0.25) is 0 Å². The molecule has 0 saturated heterocycles. The first kappa shape index (κ1) is 13.0. The molecule has 2 atom stereocenters. The van der Waals surface area contributed by atoms with E-state index in [0.717, 1.165) is 0 Å². The van der Waals surface area contributed by atoms with Crippen LogP contribution in [0.4, 0.5) is 4.39 Å². The van der Waals surface area contributed by atoms with Crippen LogP contribution in [0.3, 0.4) is 0 Å². The second kappa shape index (κ2) is 5.85. The van der Waals surface area contributed by atoms with Crippen molar-refractivity contribution in [2.45, 2.75) is 32.8 Å². The van der Waals surface area contributed by atoms with Gasteiger partial charge in [0.05, 0.1) is 13.2 Å². The summed E-state index contributed by atoms with van der Waals surface area (Å²) in [5, 5.41) is 9.65. The summed E-state index contributed by atoms with van der Waals surface area (Å²) < 4.78 is 18.7. The van der Waals surface area contributed by atoms with E-state index in [4.69, 9.17) is 4.74 Å². The molecule has 0 aliphatic carbocycles. The first-order valence-electron chi connectivity index (χ1n) is 5.59. The second-order valence-corrected chi connectivity index (χ2v) is 4.09. The zero-order valence-corrected chi connectivity index (χ0v) is 10.0. The molecule has 1 N–H and O–H groups in total. The predicted octanol–water partition coefficient (Wildman–Crippen LogP) is 2.78. The maximum absolute atomic E-state index is 13.8. The molecular formula is C13H19FO2. The fourth-order valence-electron chi connectivity index (χ4n) is 1.76. The molecule has 0 aliphatic rings. The highest BCUT2D eigenvalue weighted by Gasteiger charge is 2.16. The van der Waals surface area contributed by atoms with E-state index in [1.165, 1.54) is 7.11 Å². The summed E-state index contributed by atoms with van der Waals surface area (Å²) >= 11 is 0. The lowest BCUT2D eigenvalue weighted by molar-refractivity contribution is 0.112. The molecule has 0 amide bonds. The summed E-state index contributed by atoms with van der Waals surface area (Å²) in [5.74, 6) is -0.0116. The van der Waals surface area contributed by atoms with Crippen molar-refractivity contribution in [3.63, 3.8) is 0 Å². The zero-order chi connectivity index (χ0) is 12.1. The first-order valence-corrected chi connectivity index (χ1v) is 5.59. The number of methoxy groups -OCH3 is 1. The van der Waals surface area contributed by atoms with Gasteiger partial charge in [-0.15, -0.1) is 0 Å². The highest BCUT2D eigenvalue weighted by Crippen LogP contribution is 2.23. The lowest BCUT2D eigenvalue weighted by atomic mass is 9.94. The van der Waals surface area contributed by atoms with Gasteiger partial charge in [0, 0.05) is 0 Å². The van der Waals surface area contributed by atoms with Crippen LogP contribution in [0.1, 0.15) is 25.8 Å². The molecule has 0 bridgehead atoms. The molecule has 3 heteroatoms. The third-order valence-electron chi connectivity index (χ3n) is 2.88. The molecule has 0 fully saturated rings. The molecule has 0 radical (unpaired) electrons. The average Bonchev–Trinajstić information content (AvgIpc) is 2.30. The number of halogens is 1. The van der Waals surface area contributed by atoms with Crippen molar-refractivity contribution in [2.75, 3.05) is 7.11 Å². The Kier molecular flexibility index (Phi) is 4.74. The van der Waals surface area contributed by atoms with E-state index >= 15 is 0 Å². The number of ether oxygens (including phenoxy) is 1. The Morgan fingerprint density at radius 2 is 2.12 bits per heavy atom. The van der Waals surface area contributed by atoms with Crippen molar-refractivity contribution >= 4 is 0 Å². The third-order valence-corrected chi connectivity index (χ3v) is 2.88. The third kappa shape index (κ3) is 2.95. The van der Waals surface area contributed by atoms with Crippen LogP contribution in [0.25, 0.3) is 0 Å². The fraction of sp³-hybridized carbons (Fsp3) is 0.538. The van der Waals surface area contributed by atoms with Crippen molar-refractivity contribution in [1.29, 1.82) is 0 Å². The number of aliphatic hydroxyl groups excluding tert-OH is 1. The zero-order valence-electron chi connectivity index (χ0n) is 10.0. The molecule has 16 heavy (non-hydrogen) atoms. The molecule has 1 aromatic rings. The smallest absolute Gasteiger partial charge is 0.168 e. The van der Waals surface area contributed by atoms with Gasteiger partial charge >= 0.3 is 0 Å². The van der Waals surface area contributed by atoms with Crippen LogP contribution in [-0.4, -0.2) is 18.3 Å². The molecule has 1 aromatic carbocycles. The maximum atomic E-state index is 13.8. The van der Waals surface area contributed by atoms with E-state index < -0.39 is 0 Å². The van der Waals surface area contributed by atoms with Gasteiger partial charge in [-0.25, -0.2) is 4.39 Å². The van der Waals surface area contributed by atoms with Gasteiger partial charge in [-0.1, -0.05) is 26.0 Å². The van der Waals surface area contributed by atoms with E-state index in [1.807, 2.05) is 13.8 Å². The van der Waals surface area contributed by atoms with E-state index in [-0.39, 0.29) is 23.6 Å². The van der Waals surface area contributed by atoms with Gasteiger partial charge in [0.25, 0.3) is 0 Å². The summed E-state index contributed by atoms with van der Waals surface area (Å²) in [7, 11) is 1.45. The monoisotopic (exact) mass is 226 g/mol. The minimum absolute atomic E-state index is 0.0478. The molecule has 2 unspecified atom stereocenters. The van der Waals surface area contributed by atoms with Crippen LogP contribution in [-0.2, 0) is 6.42 Å². The first-order chi connectivity index (χ1) is 7.60. The molecule has 0 aromatic heterocycles. The highest BCUT2D eigenvalue weighted by molar-refractivity contribution is 5.31. The van der Waals surface area contributed by atoms with E-state index in [9.17, 15) is 9.50 Å². The van der Waals surface area contributed by atoms with Crippen LogP contribution in [0, 0.1) is 11.7 Å². The fourth-order valence-corrected chi connectivity index (χ4v) is 1.76. The summed E-state index contributed by atoms with van der Waals surface area (Å²) in [5.41, 5.74) is 0.597. The van der Waals surface area contributed by atoms with Crippen LogP contribution < -0.4 is 4.74 Å². The summed E-state index contributed by atoms with van der Waals surface area (Å²) in [6.45, 7) is 3.84. The summed E-state index contributed by atoms with van der Waals surface area (Å²) in [6.07, 6.45) is 0.829. The molecule has 0 spiro atoms. The number of benzene rings is 1. The SMILES string of the molecule is CCC(O)C(C)Cc1cccc(OC)c1F. The Morgan fingerprint density at radius 1 is 1.44 bits per heavy atom. The largest absolute Gasteiger partial charge is 0.494 e. The Bertz CT molecular complexity index is 339. The standard InChI is InChI=1S/C13H19FO2/c1-4-11(15)9(2)8-10-6-5-7-12(16-3)13(10)14/h5-7,9,11,15H,4,8H2,1-3H3. The van der Waals surface area contributed by atoms with Crippen molar-refractivity contribution in [3.8, 4) is 5.75 Å². The Hall–Kier alpha value is -1.09. The summed E-state index contributed by atoms with van der Waals surface area (Å²) in [4.78, 5) is 0. The molecule has 0 saturated carbocycles. The van der Waals surface area contributed by atoms with E-state index in [2.05, 4.69) is 0 Å². The maximum Gasteiger partial charge on any atom is 0.168 e. The molecule has 0 heterocycles. The Morgan fingerprint density at radius 3 is 2.69 bits per heavy atom. The Balaban J connectivity index is 2.81.